The topological polar surface area (TPSA) is 60.5 Å². The molecule has 0 fully saturated rings. The van der Waals surface area contributed by atoms with E-state index in [1.54, 1.807) is 22.7 Å². The Morgan fingerprint density at radius 2 is 1.71 bits per heavy atom. The quantitative estimate of drug-likeness (QED) is 0.243. The van der Waals surface area contributed by atoms with Crippen LogP contribution in [0.2, 0.25) is 0 Å². The number of nitrogens with zero attached hydrogens (tertiary/aromatic N) is 1. The summed E-state index contributed by atoms with van der Waals surface area (Å²) in [5.74, 6) is 1.41. The Kier molecular flexibility index (Phi) is 5.60. The highest BCUT2D eigenvalue weighted by atomic mass is 32.1. The Hall–Kier alpha value is -4.20. The molecule has 1 aliphatic heterocycles. The molecular formula is C31H22N2O3S2. The van der Waals surface area contributed by atoms with Gasteiger partial charge in [0, 0.05) is 22.4 Å². The van der Waals surface area contributed by atoms with Gasteiger partial charge in [-0.1, -0.05) is 48.5 Å². The Morgan fingerprint density at radius 3 is 2.61 bits per heavy atom. The molecular weight excluding hydrogens is 512 g/mol. The van der Waals surface area contributed by atoms with Gasteiger partial charge in [-0.05, 0) is 65.2 Å². The van der Waals surface area contributed by atoms with Crippen LogP contribution >= 0.6 is 22.7 Å². The summed E-state index contributed by atoms with van der Waals surface area (Å²) in [4.78, 5) is 19.6. The summed E-state index contributed by atoms with van der Waals surface area (Å²) in [5.41, 5.74) is 4.83. The van der Waals surface area contributed by atoms with Crippen LogP contribution in [0.4, 0.5) is 5.00 Å². The molecule has 0 spiro atoms. The van der Waals surface area contributed by atoms with Crippen LogP contribution in [0, 0.1) is 6.92 Å². The van der Waals surface area contributed by atoms with Gasteiger partial charge in [-0.25, -0.2) is 4.98 Å². The number of rotatable bonds is 5. The number of thiazole rings is 1. The monoisotopic (exact) mass is 534 g/mol. The maximum absolute atomic E-state index is 13.5. The number of para-hydroxylation sites is 1. The third-order valence-corrected chi connectivity index (χ3v) is 9.05. The third kappa shape index (κ3) is 4.10. The molecule has 1 amide bonds. The van der Waals surface area contributed by atoms with Gasteiger partial charge >= 0.3 is 0 Å². The van der Waals surface area contributed by atoms with Crippen LogP contribution in [0.3, 0.4) is 0 Å². The first-order valence-electron chi connectivity index (χ1n) is 12.3. The molecule has 4 aromatic carbocycles. The molecule has 0 aliphatic carbocycles. The van der Waals surface area contributed by atoms with Crippen LogP contribution in [0.1, 0.15) is 26.4 Å². The van der Waals surface area contributed by atoms with Crippen molar-refractivity contribution in [2.45, 2.75) is 13.3 Å². The number of amides is 1. The number of hydrogen-bond acceptors (Lipinski definition) is 6. The first-order chi connectivity index (χ1) is 18.6. The van der Waals surface area contributed by atoms with Crippen LogP contribution in [0.5, 0.6) is 11.5 Å². The van der Waals surface area contributed by atoms with E-state index in [2.05, 4.69) is 24.4 Å². The average Bonchev–Trinajstić information content (AvgIpc) is 3.65. The van der Waals surface area contributed by atoms with Crippen LogP contribution in [-0.4, -0.2) is 17.7 Å². The van der Waals surface area contributed by atoms with E-state index in [0.29, 0.717) is 5.56 Å². The highest BCUT2D eigenvalue weighted by Gasteiger charge is 2.23. The molecule has 186 valence electrons. The van der Waals surface area contributed by atoms with Gasteiger partial charge in [0.25, 0.3) is 5.91 Å². The summed E-state index contributed by atoms with van der Waals surface area (Å²) in [7, 11) is 0. The van der Waals surface area contributed by atoms with Gasteiger partial charge in [-0.15, -0.1) is 22.7 Å². The van der Waals surface area contributed by atoms with Crippen molar-refractivity contribution in [3.63, 3.8) is 0 Å². The second-order valence-corrected chi connectivity index (χ2v) is 11.4. The second kappa shape index (κ2) is 9.28. The molecule has 0 atom stereocenters. The van der Waals surface area contributed by atoms with Crippen molar-refractivity contribution in [2.75, 3.05) is 12.1 Å². The van der Waals surface area contributed by atoms with Crippen molar-refractivity contribution in [1.29, 1.82) is 0 Å². The van der Waals surface area contributed by atoms with E-state index in [0.717, 1.165) is 65.6 Å². The minimum atomic E-state index is -0.131. The minimum absolute atomic E-state index is 0.131. The number of aromatic nitrogens is 1. The summed E-state index contributed by atoms with van der Waals surface area (Å²) >= 11 is 3.26. The predicted molar refractivity (Wildman–Crippen MR) is 155 cm³/mol. The van der Waals surface area contributed by atoms with Crippen molar-refractivity contribution >= 4 is 54.6 Å². The predicted octanol–water partition coefficient (Wildman–Crippen LogP) is 8.06. The molecule has 7 rings (SSSR count). The minimum Gasteiger partial charge on any atom is -0.454 e. The van der Waals surface area contributed by atoms with E-state index in [1.165, 1.54) is 4.88 Å². The van der Waals surface area contributed by atoms with Gasteiger partial charge in [0.2, 0.25) is 6.79 Å². The zero-order valence-electron chi connectivity index (χ0n) is 20.5. The SMILES string of the molecule is Cc1c(Cc2ccc3c(c2)OCO3)sc(NC(=O)c2ccc3ccccc3c2)c1-c1nc2ccccc2s1. The maximum atomic E-state index is 13.5. The molecule has 1 N–H and O–H groups in total. The number of fused-ring (bicyclic) bond motifs is 3. The lowest BCUT2D eigenvalue weighted by Gasteiger charge is -2.07. The normalized spacial score (nSPS) is 12.3. The fraction of sp³-hybridized carbons (Fsp3) is 0.0968. The van der Waals surface area contributed by atoms with E-state index >= 15 is 0 Å². The van der Waals surface area contributed by atoms with Gasteiger partial charge in [0.15, 0.2) is 11.5 Å². The lowest BCUT2D eigenvalue weighted by molar-refractivity contribution is 0.102. The number of hydrogen-bond donors (Lipinski definition) is 1. The number of thiophene rings is 1. The van der Waals surface area contributed by atoms with Crippen LogP contribution < -0.4 is 14.8 Å². The van der Waals surface area contributed by atoms with E-state index in [-0.39, 0.29) is 12.7 Å². The summed E-state index contributed by atoms with van der Waals surface area (Å²) in [5, 5.41) is 7.10. The van der Waals surface area contributed by atoms with Crippen molar-refractivity contribution in [1.82, 2.24) is 4.98 Å². The zero-order chi connectivity index (χ0) is 25.6. The highest BCUT2D eigenvalue weighted by molar-refractivity contribution is 7.23. The molecule has 0 saturated carbocycles. The molecule has 6 aromatic rings. The average molecular weight is 535 g/mol. The maximum Gasteiger partial charge on any atom is 0.256 e. The molecule has 7 heteroatoms. The summed E-state index contributed by atoms with van der Waals surface area (Å²) in [6, 6.07) is 28.1. The van der Waals surface area contributed by atoms with Gasteiger partial charge in [0.1, 0.15) is 10.0 Å². The van der Waals surface area contributed by atoms with Gasteiger partial charge in [-0.3, -0.25) is 4.79 Å². The van der Waals surface area contributed by atoms with Crippen molar-refractivity contribution < 1.29 is 14.3 Å². The summed E-state index contributed by atoms with van der Waals surface area (Å²) < 4.78 is 12.2. The van der Waals surface area contributed by atoms with Crippen molar-refractivity contribution in [2.24, 2.45) is 0 Å². The fourth-order valence-corrected chi connectivity index (χ4v) is 7.17. The largest absolute Gasteiger partial charge is 0.454 e. The van der Waals surface area contributed by atoms with Crippen LogP contribution in [0.25, 0.3) is 31.6 Å². The van der Waals surface area contributed by atoms with E-state index in [4.69, 9.17) is 14.5 Å². The number of carbonyl (C=O) groups excluding carboxylic acids is 1. The molecule has 0 unspecified atom stereocenters. The smallest absolute Gasteiger partial charge is 0.256 e. The number of anilines is 1. The lowest BCUT2D eigenvalue weighted by atomic mass is 10.1. The molecule has 1 aliphatic rings. The van der Waals surface area contributed by atoms with E-state index < -0.39 is 0 Å². The van der Waals surface area contributed by atoms with Crippen molar-refractivity contribution in [3.05, 3.63) is 106 Å². The number of ether oxygens (including phenoxy) is 2. The van der Waals surface area contributed by atoms with Crippen molar-refractivity contribution in [3.8, 4) is 22.1 Å². The first-order valence-corrected chi connectivity index (χ1v) is 13.9. The number of benzene rings is 4. The lowest BCUT2D eigenvalue weighted by Crippen LogP contribution is -2.11. The molecule has 3 heterocycles. The second-order valence-electron chi connectivity index (χ2n) is 9.22. The Morgan fingerprint density at radius 1 is 0.895 bits per heavy atom. The van der Waals surface area contributed by atoms with Crippen LogP contribution in [0.15, 0.2) is 84.9 Å². The Balaban J connectivity index is 1.28. The third-order valence-electron chi connectivity index (χ3n) is 6.79. The summed E-state index contributed by atoms with van der Waals surface area (Å²) in [6.45, 7) is 2.37. The molecule has 0 bridgehead atoms. The number of nitrogens with one attached hydrogen (secondary N) is 1. The van der Waals surface area contributed by atoms with E-state index in [1.807, 2.05) is 72.8 Å². The van der Waals surface area contributed by atoms with E-state index in [9.17, 15) is 4.79 Å². The Bertz CT molecular complexity index is 1820. The molecule has 38 heavy (non-hydrogen) atoms. The van der Waals surface area contributed by atoms with Gasteiger partial charge in [0.05, 0.1) is 10.2 Å². The Labute approximate surface area is 227 Å². The van der Waals surface area contributed by atoms with Crippen LogP contribution in [-0.2, 0) is 6.42 Å². The molecule has 0 radical (unpaired) electrons. The number of carbonyl (C=O) groups is 1. The molecule has 2 aromatic heterocycles. The van der Waals surface area contributed by atoms with Gasteiger partial charge in [-0.2, -0.15) is 0 Å². The highest BCUT2D eigenvalue weighted by Crippen LogP contribution is 2.44. The fourth-order valence-electron chi connectivity index (χ4n) is 4.80. The standard InChI is InChI=1S/C31H22N2O3S2/c1-18-27(15-19-10-13-24-25(14-19)36-17-35-24)38-31(28(18)30-32-23-8-4-5-9-26(23)37-30)33-29(34)22-12-11-20-6-2-3-7-21(20)16-22/h2-14,16H,15,17H2,1H3,(H,33,34). The zero-order valence-corrected chi connectivity index (χ0v) is 22.1. The first kappa shape index (κ1) is 23.0. The molecule has 0 saturated heterocycles. The summed E-state index contributed by atoms with van der Waals surface area (Å²) in [6.07, 6.45) is 0.719. The van der Waals surface area contributed by atoms with Gasteiger partial charge < -0.3 is 14.8 Å². The molecule has 5 nitrogen and oxygen atoms in total.